The molecule has 0 unspecified atom stereocenters. The Kier molecular flexibility index (Phi) is 4.71. The summed E-state index contributed by atoms with van der Waals surface area (Å²) in [7, 11) is 0. The number of nitrogens with zero attached hydrogens (tertiary/aromatic N) is 2. The van der Waals surface area contributed by atoms with Crippen molar-refractivity contribution in [1.29, 1.82) is 0 Å². The highest BCUT2D eigenvalue weighted by Crippen LogP contribution is 2.26. The Balaban J connectivity index is 1.64. The van der Waals surface area contributed by atoms with Gasteiger partial charge in [-0.1, -0.05) is 38.1 Å². The van der Waals surface area contributed by atoms with Crippen molar-refractivity contribution in [3.63, 3.8) is 0 Å². The monoisotopic (exact) mass is 356 g/mol. The van der Waals surface area contributed by atoms with Crippen LogP contribution in [0.1, 0.15) is 49.0 Å². The Labute approximate surface area is 151 Å². The van der Waals surface area contributed by atoms with Crippen molar-refractivity contribution in [1.82, 2.24) is 20.0 Å². The maximum Gasteiger partial charge on any atom is 0.326 e. The number of amides is 1. The first-order valence-electron chi connectivity index (χ1n) is 8.71. The second-order valence-electron chi connectivity index (χ2n) is 7.42. The van der Waals surface area contributed by atoms with Crippen molar-refractivity contribution in [2.45, 2.75) is 46.1 Å². The third-order valence-electron chi connectivity index (χ3n) is 4.33. The molecule has 0 aliphatic rings. The topological polar surface area (TPSA) is 92.9 Å². The molecule has 0 saturated carbocycles. The van der Waals surface area contributed by atoms with Gasteiger partial charge in [0.2, 0.25) is 0 Å². The van der Waals surface area contributed by atoms with E-state index in [2.05, 4.69) is 15.5 Å². The molecule has 2 aromatic heterocycles. The molecular weight excluding hydrogens is 332 g/mol. The van der Waals surface area contributed by atoms with E-state index >= 15 is 0 Å². The molecule has 0 aliphatic carbocycles. The molecule has 2 heterocycles. The van der Waals surface area contributed by atoms with Crippen molar-refractivity contribution >= 4 is 16.9 Å². The Morgan fingerprint density at radius 1 is 1.31 bits per heavy atom. The number of rotatable bonds is 5. The number of H-pyrrole nitrogens is 1. The van der Waals surface area contributed by atoms with Gasteiger partial charge in [0.1, 0.15) is 17.0 Å². The second kappa shape index (κ2) is 6.82. The maximum atomic E-state index is 12.5. The molecule has 0 fully saturated rings. The van der Waals surface area contributed by atoms with E-state index in [-0.39, 0.29) is 17.0 Å². The molecule has 2 N–H and O–H groups in total. The molecule has 26 heavy (non-hydrogen) atoms. The maximum absolute atomic E-state index is 12.5. The molecule has 3 aromatic rings. The number of hydrogen-bond donors (Lipinski definition) is 2. The molecule has 0 saturated heterocycles. The number of fused-ring (bicyclic) bond motifs is 1. The fourth-order valence-corrected chi connectivity index (χ4v) is 3.01. The minimum absolute atomic E-state index is 0.137. The number of aryl methyl sites for hydroxylation is 2. The smallest absolute Gasteiger partial charge is 0.326 e. The average molecular weight is 356 g/mol. The molecule has 0 spiro atoms. The van der Waals surface area contributed by atoms with E-state index in [0.29, 0.717) is 36.5 Å². The van der Waals surface area contributed by atoms with Gasteiger partial charge in [-0.05, 0) is 25.5 Å². The number of hydrogen-bond acceptors (Lipinski definition) is 4. The van der Waals surface area contributed by atoms with E-state index in [1.807, 2.05) is 45.0 Å². The molecule has 1 amide bonds. The Morgan fingerprint density at radius 2 is 2.04 bits per heavy atom. The lowest BCUT2D eigenvalue weighted by atomic mass is 9.88. The van der Waals surface area contributed by atoms with E-state index in [9.17, 15) is 9.59 Å². The predicted octanol–water partition coefficient (Wildman–Crippen LogP) is 2.74. The number of carbonyl (C=O) groups excluding carboxylic acids is 1. The Bertz CT molecular complexity index is 988. The first-order valence-corrected chi connectivity index (χ1v) is 8.71. The summed E-state index contributed by atoms with van der Waals surface area (Å²) in [6, 6.07) is 7.56. The third kappa shape index (κ3) is 3.42. The summed E-state index contributed by atoms with van der Waals surface area (Å²) in [6.07, 6.45) is 0.642. The second-order valence-corrected chi connectivity index (χ2v) is 7.42. The van der Waals surface area contributed by atoms with E-state index in [4.69, 9.17) is 4.52 Å². The van der Waals surface area contributed by atoms with Crippen LogP contribution in [0, 0.1) is 6.92 Å². The van der Waals surface area contributed by atoms with Crippen LogP contribution < -0.4 is 11.0 Å². The third-order valence-corrected chi connectivity index (χ3v) is 4.33. The predicted molar refractivity (Wildman–Crippen MR) is 99.4 cm³/mol. The highest BCUT2D eigenvalue weighted by molar-refractivity contribution is 5.96. The summed E-state index contributed by atoms with van der Waals surface area (Å²) < 4.78 is 6.90. The molecular formula is C19H24N4O3. The highest BCUT2D eigenvalue weighted by atomic mass is 16.5. The molecule has 7 heteroatoms. The van der Waals surface area contributed by atoms with Crippen LogP contribution in [-0.2, 0) is 12.0 Å². The van der Waals surface area contributed by atoms with Gasteiger partial charge in [0.15, 0.2) is 0 Å². The van der Waals surface area contributed by atoms with Crippen molar-refractivity contribution in [3.8, 4) is 0 Å². The zero-order valence-electron chi connectivity index (χ0n) is 15.5. The lowest BCUT2D eigenvalue weighted by Crippen LogP contribution is -2.29. The molecule has 0 radical (unpaired) electrons. The largest absolute Gasteiger partial charge is 0.361 e. The summed E-state index contributed by atoms with van der Waals surface area (Å²) in [6.45, 7) is 8.69. The summed E-state index contributed by atoms with van der Waals surface area (Å²) in [5.74, 6) is 0.320. The number of carbonyl (C=O) groups is 1. The lowest BCUT2D eigenvalue weighted by Gasteiger charge is -2.16. The minimum atomic E-state index is -0.276. The van der Waals surface area contributed by atoms with Gasteiger partial charge >= 0.3 is 5.69 Å². The number of nitrogens with one attached hydrogen (secondary N) is 2. The molecule has 0 atom stereocenters. The van der Waals surface area contributed by atoms with E-state index in [0.717, 1.165) is 11.0 Å². The Hall–Kier alpha value is -2.83. The van der Waals surface area contributed by atoms with E-state index in [1.165, 1.54) is 0 Å². The van der Waals surface area contributed by atoms with Crippen LogP contribution in [0.4, 0.5) is 0 Å². The lowest BCUT2D eigenvalue weighted by molar-refractivity contribution is 0.0949. The quantitative estimate of drug-likeness (QED) is 0.688. The first-order chi connectivity index (χ1) is 12.3. The van der Waals surface area contributed by atoms with Gasteiger partial charge in [-0.25, -0.2) is 4.79 Å². The fraction of sp³-hybridized carbons (Fsp3) is 0.421. The number of aromatic nitrogens is 3. The summed E-state index contributed by atoms with van der Waals surface area (Å²) >= 11 is 0. The van der Waals surface area contributed by atoms with Gasteiger partial charge in [-0.3, -0.25) is 9.36 Å². The van der Waals surface area contributed by atoms with Gasteiger partial charge in [0.05, 0.1) is 11.0 Å². The molecule has 3 rings (SSSR count). The molecule has 0 bridgehead atoms. The molecule has 1 aromatic carbocycles. The standard InChI is InChI=1S/C19H24N4O3/c1-12-15(16(22-26-12)19(2,3)4)17(24)20-10-7-11-23-14-9-6-5-8-13(14)21-18(23)25/h5-6,8-9H,7,10-11H2,1-4H3,(H,20,24)(H,21,25). The summed E-state index contributed by atoms with van der Waals surface area (Å²) in [5.41, 5.74) is 2.43. The van der Waals surface area contributed by atoms with Gasteiger partial charge in [-0.2, -0.15) is 0 Å². The number of imidazole rings is 1. The van der Waals surface area contributed by atoms with Crippen LogP contribution in [-0.4, -0.2) is 27.2 Å². The van der Waals surface area contributed by atoms with Crippen molar-refractivity contribution in [3.05, 3.63) is 51.8 Å². The zero-order valence-corrected chi connectivity index (χ0v) is 15.5. The van der Waals surface area contributed by atoms with Gasteiger partial charge in [-0.15, -0.1) is 0 Å². The van der Waals surface area contributed by atoms with Crippen molar-refractivity contribution in [2.24, 2.45) is 0 Å². The van der Waals surface area contributed by atoms with Crippen LogP contribution in [0.5, 0.6) is 0 Å². The van der Waals surface area contributed by atoms with Gasteiger partial charge in [0.25, 0.3) is 5.91 Å². The van der Waals surface area contributed by atoms with E-state index < -0.39 is 0 Å². The van der Waals surface area contributed by atoms with Crippen LogP contribution in [0.25, 0.3) is 11.0 Å². The van der Waals surface area contributed by atoms with E-state index in [1.54, 1.807) is 11.5 Å². The normalized spacial score (nSPS) is 11.8. The van der Waals surface area contributed by atoms with Gasteiger partial charge < -0.3 is 14.8 Å². The average Bonchev–Trinajstić information content (AvgIpc) is 3.11. The van der Waals surface area contributed by atoms with Crippen LogP contribution in [0.15, 0.2) is 33.6 Å². The highest BCUT2D eigenvalue weighted by Gasteiger charge is 2.28. The molecule has 0 aliphatic heterocycles. The number of aromatic amines is 1. The fourth-order valence-electron chi connectivity index (χ4n) is 3.01. The summed E-state index contributed by atoms with van der Waals surface area (Å²) in [5, 5.41) is 6.94. The summed E-state index contributed by atoms with van der Waals surface area (Å²) in [4.78, 5) is 27.4. The van der Waals surface area contributed by atoms with Crippen LogP contribution in [0.3, 0.4) is 0 Å². The molecule has 138 valence electrons. The Morgan fingerprint density at radius 3 is 2.77 bits per heavy atom. The first kappa shape index (κ1) is 18.0. The van der Waals surface area contributed by atoms with Crippen LogP contribution in [0.2, 0.25) is 0 Å². The SMILES string of the molecule is Cc1onc(C(C)(C)C)c1C(=O)NCCCn1c(=O)[nH]c2ccccc21. The van der Waals surface area contributed by atoms with Gasteiger partial charge in [0, 0.05) is 18.5 Å². The zero-order chi connectivity index (χ0) is 18.9. The number of para-hydroxylation sites is 2. The molecule has 7 nitrogen and oxygen atoms in total. The van der Waals surface area contributed by atoms with Crippen molar-refractivity contribution in [2.75, 3.05) is 6.54 Å². The minimum Gasteiger partial charge on any atom is -0.361 e. The van der Waals surface area contributed by atoms with Crippen LogP contribution >= 0.6 is 0 Å². The number of benzene rings is 1. The van der Waals surface area contributed by atoms with Crippen molar-refractivity contribution < 1.29 is 9.32 Å².